The summed E-state index contributed by atoms with van der Waals surface area (Å²) in [6.07, 6.45) is 1.50. The van der Waals surface area contributed by atoms with E-state index in [0.29, 0.717) is 27.9 Å². The molecule has 1 aromatic carbocycles. The largest absolute Gasteiger partial charge is 0.457 e. The first-order valence-electron chi connectivity index (χ1n) is 7.10. The Morgan fingerprint density at radius 3 is 2.27 bits per heavy atom. The van der Waals surface area contributed by atoms with Crippen molar-refractivity contribution in [3.8, 4) is 0 Å². The van der Waals surface area contributed by atoms with Gasteiger partial charge in [0, 0.05) is 10.9 Å². The van der Waals surface area contributed by atoms with Gasteiger partial charge in [-0.15, -0.1) is 0 Å². The average Bonchev–Trinajstić information content (AvgIpc) is 2.79. The Morgan fingerprint density at radius 2 is 1.77 bits per heavy atom. The number of benzene rings is 1. The van der Waals surface area contributed by atoms with Crippen LogP contribution in [0.2, 0.25) is 0 Å². The number of fused-ring (bicyclic) bond motifs is 1. The molecule has 1 heterocycles. The maximum atomic E-state index is 12.4. The molecule has 2 rings (SSSR count). The summed E-state index contributed by atoms with van der Waals surface area (Å²) in [4.78, 5) is 24.1. The topological polar surface area (TPSA) is 67.5 Å². The van der Waals surface area contributed by atoms with Crippen molar-refractivity contribution in [1.82, 2.24) is 0 Å². The van der Waals surface area contributed by atoms with Gasteiger partial charge in [-0.3, -0.25) is 9.59 Å². The predicted molar refractivity (Wildman–Crippen MR) is 85.2 cm³/mol. The van der Waals surface area contributed by atoms with Crippen LogP contribution in [0.15, 0.2) is 34.3 Å². The van der Waals surface area contributed by atoms with E-state index in [2.05, 4.69) is 0 Å². The van der Waals surface area contributed by atoms with Crippen LogP contribution < -0.4 is 0 Å². The average molecular weight is 300 g/mol. The van der Waals surface area contributed by atoms with Crippen LogP contribution in [0.25, 0.3) is 11.0 Å². The minimum atomic E-state index is -1.16. The number of allylic oxidation sites excluding steroid dienone is 2. The Balaban J connectivity index is 2.76. The van der Waals surface area contributed by atoms with Gasteiger partial charge in [0.1, 0.15) is 16.9 Å². The summed E-state index contributed by atoms with van der Waals surface area (Å²) in [7, 11) is 0. The normalized spacial score (nSPS) is 11.5. The molecule has 0 aliphatic heterocycles. The van der Waals surface area contributed by atoms with E-state index in [1.807, 2.05) is 13.8 Å². The fourth-order valence-electron chi connectivity index (χ4n) is 2.18. The van der Waals surface area contributed by atoms with Crippen LogP contribution in [0, 0.1) is 0 Å². The van der Waals surface area contributed by atoms with Crippen LogP contribution >= 0.6 is 0 Å². The maximum Gasteiger partial charge on any atom is 0.189 e. The molecule has 0 amide bonds. The van der Waals surface area contributed by atoms with E-state index in [4.69, 9.17) is 4.42 Å². The highest BCUT2D eigenvalue weighted by atomic mass is 16.4. The minimum Gasteiger partial charge on any atom is -0.457 e. The molecular formula is C18H20O4. The summed E-state index contributed by atoms with van der Waals surface area (Å²) in [5, 5.41) is 10.7. The zero-order valence-electron chi connectivity index (χ0n) is 13.5. The number of Topliss-reactive ketones (excluding diaryl/α,β-unsaturated/α-hetero) is 1. The fraction of sp³-hybridized carbons (Fsp3) is 0.333. The summed E-state index contributed by atoms with van der Waals surface area (Å²) < 4.78 is 5.69. The van der Waals surface area contributed by atoms with E-state index in [9.17, 15) is 14.7 Å². The highest BCUT2D eigenvalue weighted by Crippen LogP contribution is 2.31. The lowest BCUT2D eigenvalue weighted by atomic mass is 10.00. The van der Waals surface area contributed by atoms with Gasteiger partial charge in [0.25, 0.3) is 0 Å². The molecule has 1 N–H and O–H groups in total. The van der Waals surface area contributed by atoms with Crippen LogP contribution in [-0.2, 0) is 5.60 Å². The smallest absolute Gasteiger partial charge is 0.189 e. The van der Waals surface area contributed by atoms with Crippen LogP contribution in [0.1, 0.15) is 61.1 Å². The first-order chi connectivity index (χ1) is 10.1. The molecule has 0 aliphatic rings. The van der Waals surface area contributed by atoms with Gasteiger partial charge in [-0.1, -0.05) is 5.57 Å². The molecule has 4 nitrogen and oxygen atoms in total. The highest BCUT2D eigenvalue weighted by Gasteiger charge is 2.24. The molecule has 1 aromatic heterocycles. The Labute approximate surface area is 129 Å². The molecule has 0 saturated heterocycles. The molecule has 0 bridgehead atoms. The molecular weight excluding hydrogens is 280 g/mol. The molecule has 116 valence electrons. The summed E-state index contributed by atoms with van der Waals surface area (Å²) in [6, 6.07) is 4.89. The summed E-state index contributed by atoms with van der Waals surface area (Å²) >= 11 is 0. The van der Waals surface area contributed by atoms with Crippen molar-refractivity contribution in [2.24, 2.45) is 0 Å². The fourth-order valence-corrected chi connectivity index (χ4v) is 2.18. The first-order valence-corrected chi connectivity index (χ1v) is 7.10. The van der Waals surface area contributed by atoms with Gasteiger partial charge in [0.15, 0.2) is 11.6 Å². The zero-order valence-corrected chi connectivity index (χ0v) is 13.5. The quantitative estimate of drug-likeness (QED) is 0.684. The predicted octanol–water partition coefficient (Wildman–Crippen LogP) is 4.01. The van der Waals surface area contributed by atoms with Crippen LogP contribution in [-0.4, -0.2) is 16.7 Å². The number of ketones is 2. The number of furan rings is 1. The third-order valence-corrected chi connectivity index (χ3v) is 3.31. The Morgan fingerprint density at radius 1 is 1.14 bits per heavy atom. The van der Waals surface area contributed by atoms with E-state index in [1.165, 1.54) is 13.0 Å². The number of rotatable bonds is 4. The molecule has 0 radical (unpaired) electrons. The van der Waals surface area contributed by atoms with Gasteiger partial charge in [-0.05, 0) is 58.9 Å². The minimum absolute atomic E-state index is 0.126. The molecule has 22 heavy (non-hydrogen) atoms. The number of carbonyl (C=O) groups excluding carboxylic acids is 2. The SMILES string of the molecule is CC(=O)c1cc(C(=O)C=C(C)C)c2oc(C(C)(C)O)cc2c1. The van der Waals surface area contributed by atoms with E-state index in [-0.39, 0.29) is 11.6 Å². The Hall–Kier alpha value is -2.20. The van der Waals surface area contributed by atoms with E-state index >= 15 is 0 Å². The van der Waals surface area contributed by atoms with Crippen molar-refractivity contribution >= 4 is 22.5 Å². The van der Waals surface area contributed by atoms with Crippen LogP contribution in [0.3, 0.4) is 0 Å². The highest BCUT2D eigenvalue weighted by molar-refractivity contribution is 6.14. The standard InChI is InChI=1S/C18H20O4/c1-10(2)6-15(20)14-8-12(11(3)19)7-13-9-16(18(4,5)21)22-17(13)14/h6-9,21H,1-5H3. The molecule has 0 atom stereocenters. The van der Waals surface area contributed by atoms with Gasteiger partial charge >= 0.3 is 0 Å². The van der Waals surface area contributed by atoms with Crippen LogP contribution in [0.4, 0.5) is 0 Å². The van der Waals surface area contributed by atoms with Gasteiger partial charge in [-0.2, -0.15) is 0 Å². The third kappa shape index (κ3) is 3.17. The molecule has 0 fully saturated rings. The lowest BCUT2D eigenvalue weighted by molar-refractivity contribution is 0.0558. The second-order valence-electron chi connectivity index (χ2n) is 6.25. The van der Waals surface area contributed by atoms with Crippen molar-refractivity contribution in [2.45, 2.75) is 40.2 Å². The van der Waals surface area contributed by atoms with Crippen molar-refractivity contribution in [2.75, 3.05) is 0 Å². The first kappa shape index (κ1) is 16.2. The Bertz CT molecular complexity index is 781. The number of aliphatic hydroxyl groups is 1. The molecule has 0 spiro atoms. The maximum absolute atomic E-state index is 12.4. The summed E-state index contributed by atoms with van der Waals surface area (Å²) in [5.41, 5.74) is 0.873. The zero-order chi connectivity index (χ0) is 16.7. The van der Waals surface area contributed by atoms with Crippen molar-refractivity contribution in [1.29, 1.82) is 0 Å². The van der Waals surface area contributed by atoms with Gasteiger partial charge in [0.2, 0.25) is 0 Å². The van der Waals surface area contributed by atoms with Gasteiger partial charge in [0.05, 0.1) is 5.56 Å². The van der Waals surface area contributed by atoms with Gasteiger partial charge < -0.3 is 9.52 Å². The van der Waals surface area contributed by atoms with E-state index in [0.717, 1.165) is 5.57 Å². The van der Waals surface area contributed by atoms with E-state index < -0.39 is 5.60 Å². The lowest BCUT2D eigenvalue weighted by Gasteiger charge is -2.12. The monoisotopic (exact) mass is 300 g/mol. The molecule has 4 heteroatoms. The summed E-state index contributed by atoms with van der Waals surface area (Å²) in [6.45, 7) is 8.32. The molecule has 0 saturated carbocycles. The molecule has 0 aliphatic carbocycles. The second kappa shape index (κ2) is 5.54. The second-order valence-corrected chi connectivity index (χ2v) is 6.25. The van der Waals surface area contributed by atoms with Crippen molar-refractivity contribution < 1.29 is 19.1 Å². The van der Waals surface area contributed by atoms with E-state index in [1.54, 1.807) is 32.0 Å². The number of carbonyl (C=O) groups is 2. The van der Waals surface area contributed by atoms with Gasteiger partial charge in [-0.25, -0.2) is 0 Å². The van der Waals surface area contributed by atoms with Crippen molar-refractivity contribution in [3.63, 3.8) is 0 Å². The number of hydrogen-bond donors (Lipinski definition) is 1. The lowest BCUT2D eigenvalue weighted by Crippen LogP contribution is -2.13. The Kier molecular flexibility index (Phi) is 4.07. The molecule has 2 aromatic rings. The number of hydrogen-bond acceptors (Lipinski definition) is 4. The molecule has 0 unspecified atom stereocenters. The third-order valence-electron chi connectivity index (χ3n) is 3.31. The summed E-state index contributed by atoms with van der Waals surface area (Å²) in [5.74, 6) is 0.0124. The van der Waals surface area contributed by atoms with Crippen LogP contribution in [0.5, 0.6) is 0 Å². The van der Waals surface area contributed by atoms with Crippen molar-refractivity contribution in [3.05, 3.63) is 46.7 Å².